The van der Waals surface area contributed by atoms with Crippen LogP contribution in [0, 0.1) is 0 Å². The first-order valence-electron chi connectivity index (χ1n) is 10.4. The third kappa shape index (κ3) is 5.33. The highest BCUT2D eigenvalue weighted by Crippen LogP contribution is 2.25. The Kier molecular flexibility index (Phi) is 6.73. The lowest BCUT2D eigenvalue weighted by Gasteiger charge is -2.30. The number of benzene rings is 3. The first kappa shape index (κ1) is 19.8. The summed E-state index contributed by atoms with van der Waals surface area (Å²) in [7, 11) is 0. The SMILES string of the molecule is O[C@@H](COCC(c1ccccc1)c1ccccc1)CN1CCc2ccccc2C1. The largest absolute Gasteiger partial charge is 0.389 e. The highest BCUT2D eigenvalue weighted by Gasteiger charge is 2.19. The van der Waals surface area contributed by atoms with Crippen molar-refractivity contribution in [2.75, 3.05) is 26.3 Å². The number of fused-ring (bicyclic) bond motifs is 1. The number of β-amino-alcohol motifs (C(OH)–C–C–N with tert-alkyl or cyclic N) is 1. The van der Waals surface area contributed by atoms with E-state index in [0.29, 0.717) is 19.8 Å². The van der Waals surface area contributed by atoms with Gasteiger partial charge in [-0.25, -0.2) is 0 Å². The quantitative estimate of drug-likeness (QED) is 0.627. The van der Waals surface area contributed by atoms with Gasteiger partial charge >= 0.3 is 0 Å². The van der Waals surface area contributed by atoms with Crippen molar-refractivity contribution in [2.24, 2.45) is 0 Å². The van der Waals surface area contributed by atoms with Crippen LogP contribution in [-0.2, 0) is 17.7 Å². The Morgan fingerprint density at radius 2 is 1.34 bits per heavy atom. The maximum Gasteiger partial charge on any atom is 0.0900 e. The van der Waals surface area contributed by atoms with Crippen LogP contribution in [0.25, 0.3) is 0 Å². The minimum atomic E-state index is -0.479. The van der Waals surface area contributed by atoms with E-state index in [1.807, 2.05) is 12.1 Å². The minimum Gasteiger partial charge on any atom is -0.389 e. The molecule has 0 spiro atoms. The predicted molar refractivity (Wildman–Crippen MR) is 117 cm³/mol. The fourth-order valence-corrected chi connectivity index (χ4v) is 4.14. The molecular formula is C26H29NO2. The van der Waals surface area contributed by atoms with Crippen molar-refractivity contribution in [3.63, 3.8) is 0 Å². The van der Waals surface area contributed by atoms with Gasteiger partial charge < -0.3 is 9.84 Å². The number of ether oxygens (including phenoxy) is 1. The zero-order valence-electron chi connectivity index (χ0n) is 16.8. The molecule has 0 radical (unpaired) electrons. The van der Waals surface area contributed by atoms with Crippen LogP contribution in [0.1, 0.15) is 28.2 Å². The summed E-state index contributed by atoms with van der Waals surface area (Å²) in [4.78, 5) is 2.32. The molecule has 3 heteroatoms. The van der Waals surface area contributed by atoms with E-state index in [9.17, 15) is 5.11 Å². The average Bonchev–Trinajstić information content (AvgIpc) is 2.78. The smallest absolute Gasteiger partial charge is 0.0900 e. The van der Waals surface area contributed by atoms with Crippen molar-refractivity contribution in [2.45, 2.75) is 25.0 Å². The fourth-order valence-electron chi connectivity index (χ4n) is 4.14. The third-order valence-electron chi connectivity index (χ3n) is 5.68. The highest BCUT2D eigenvalue weighted by molar-refractivity contribution is 5.32. The molecule has 4 rings (SSSR count). The van der Waals surface area contributed by atoms with Gasteiger partial charge in [-0.05, 0) is 28.7 Å². The lowest BCUT2D eigenvalue weighted by molar-refractivity contribution is 0.0121. The van der Waals surface area contributed by atoms with Crippen LogP contribution in [0.15, 0.2) is 84.9 Å². The Morgan fingerprint density at radius 3 is 2.00 bits per heavy atom. The predicted octanol–water partition coefficient (Wildman–Crippen LogP) is 4.25. The van der Waals surface area contributed by atoms with Crippen molar-refractivity contribution < 1.29 is 9.84 Å². The van der Waals surface area contributed by atoms with Gasteiger partial charge in [-0.1, -0.05) is 84.9 Å². The van der Waals surface area contributed by atoms with Crippen LogP contribution in [0.2, 0.25) is 0 Å². The third-order valence-corrected chi connectivity index (χ3v) is 5.68. The van der Waals surface area contributed by atoms with Gasteiger partial charge in [0.15, 0.2) is 0 Å². The Morgan fingerprint density at radius 1 is 0.759 bits per heavy atom. The summed E-state index contributed by atoms with van der Waals surface area (Å²) in [5, 5.41) is 10.5. The Bertz CT molecular complexity index is 842. The van der Waals surface area contributed by atoms with Gasteiger partial charge in [-0.3, -0.25) is 4.90 Å². The van der Waals surface area contributed by atoms with E-state index in [1.165, 1.54) is 22.3 Å². The van der Waals surface area contributed by atoms with Crippen molar-refractivity contribution in [3.8, 4) is 0 Å². The molecule has 0 aliphatic carbocycles. The van der Waals surface area contributed by atoms with Crippen LogP contribution in [0.4, 0.5) is 0 Å². The second kappa shape index (κ2) is 9.84. The summed E-state index contributed by atoms with van der Waals surface area (Å²) in [6.45, 7) is 3.46. The van der Waals surface area contributed by atoms with Gasteiger partial charge in [0.2, 0.25) is 0 Å². The van der Waals surface area contributed by atoms with E-state index in [4.69, 9.17) is 4.74 Å². The van der Waals surface area contributed by atoms with E-state index in [1.54, 1.807) is 0 Å². The van der Waals surface area contributed by atoms with Crippen LogP contribution < -0.4 is 0 Å². The van der Waals surface area contributed by atoms with Gasteiger partial charge in [-0.2, -0.15) is 0 Å². The molecule has 0 amide bonds. The molecule has 1 atom stereocenters. The summed E-state index contributed by atoms with van der Waals surface area (Å²) >= 11 is 0. The van der Waals surface area contributed by atoms with Gasteiger partial charge in [0.1, 0.15) is 0 Å². The minimum absolute atomic E-state index is 0.173. The van der Waals surface area contributed by atoms with Crippen LogP contribution in [0.5, 0.6) is 0 Å². The van der Waals surface area contributed by atoms with Crippen molar-refractivity contribution >= 4 is 0 Å². The monoisotopic (exact) mass is 387 g/mol. The van der Waals surface area contributed by atoms with E-state index in [2.05, 4.69) is 77.7 Å². The summed E-state index contributed by atoms with van der Waals surface area (Å²) in [5.74, 6) is 0.173. The topological polar surface area (TPSA) is 32.7 Å². The lowest BCUT2D eigenvalue weighted by atomic mass is 9.92. The van der Waals surface area contributed by atoms with E-state index in [-0.39, 0.29) is 5.92 Å². The fraction of sp³-hybridized carbons (Fsp3) is 0.308. The molecule has 1 aliphatic heterocycles. The Hall–Kier alpha value is -2.46. The van der Waals surface area contributed by atoms with Gasteiger partial charge in [0.05, 0.1) is 19.3 Å². The zero-order chi connectivity index (χ0) is 19.9. The van der Waals surface area contributed by atoms with Gasteiger partial charge in [0, 0.05) is 25.6 Å². The molecule has 1 N–H and O–H groups in total. The molecule has 1 aliphatic rings. The van der Waals surface area contributed by atoms with Gasteiger partial charge in [-0.15, -0.1) is 0 Å². The lowest BCUT2D eigenvalue weighted by Crippen LogP contribution is -2.38. The maximum atomic E-state index is 10.5. The molecule has 0 saturated heterocycles. The average molecular weight is 388 g/mol. The van der Waals surface area contributed by atoms with Crippen molar-refractivity contribution in [3.05, 3.63) is 107 Å². The molecule has 0 saturated carbocycles. The summed E-state index contributed by atoms with van der Waals surface area (Å²) in [6, 6.07) is 29.5. The molecule has 3 nitrogen and oxygen atoms in total. The molecule has 150 valence electrons. The van der Waals surface area contributed by atoms with E-state index >= 15 is 0 Å². The Labute approximate surface area is 173 Å². The first-order chi connectivity index (χ1) is 14.3. The van der Waals surface area contributed by atoms with Crippen LogP contribution >= 0.6 is 0 Å². The number of nitrogens with zero attached hydrogens (tertiary/aromatic N) is 1. The molecule has 3 aromatic rings. The number of hydrogen-bond donors (Lipinski definition) is 1. The molecule has 29 heavy (non-hydrogen) atoms. The van der Waals surface area contributed by atoms with Crippen molar-refractivity contribution in [1.82, 2.24) is 4.90 Å². The first-order valence-corrected chi connectivity index (χ1v) is 10.4. The van der Waals surface area contributed by atoms with Crippen molar-refractivity contribution in [1.29, 1.82) is 0 Å². The zero-order valence-corrected chi connectivity index (χ0v) is 16.8. The summed E-state index contributed by atoms with van der Waals surface area (Å²) in [5.41, 5.74) is 5.28. The van der Waals surface area contributed by atoms with E-state index in [0.717, 1.165) is 19.5 Å². The van der Waals surface area contributed by atoms with Crippen LogP contribution in [0.3, 0.4) is 0 Å². The molecule has 0 fully saturated rings. The second-order valence-corrected chi connectivity index (χ2v) is 7.82. The molecule has 3 aromatic carbocycles. The van der Waals surface area contributed by atoms with E-state index < -0.39 is 6.10 Å². The maximum absolute atomic E-state index is 10.5. The van der Waals surface area contributed by atoms with Gasteiger partial charge in [0.25, 0.3) is 0 Å². The summed E-state index contributed by atoms with van der Waals surface area (Å²) in [6.07, 6.45) is 0.570. The molecule has 0 aromatic heterocycles. The highest BCUT2D eigenvalue weighted by atomic mass is 16.5. The molecule has 1 heterocycles. The normalized spacial score (nSPS) is 15.2. The number of rotatable bonds is 8. The molecular weight excluding hydrogens is 358 g/mol. The number of aliphatic hydroxyl groups is 1. The second-order valence-electron chi connectivity index (χ2n) is 7.82. The standard InChI is InChI=1S/C26H29NO2/c28-25(18-27-16-15-21-9-7-8-14-24(21)17-27)19-29-20-26(22-10-3-1-4-11-22)23-12-5-2-6-13-23/h1-14,25-26,28H,15-20H2/t25-/m1/s1. The molecule has 0 bridgehead atoms. The number of aliphatic hydroxyl groups excluding tert-OH is 1. The summed E-state index contributed by atoms with van der Waals surface area (Å²) < 4.78 is 6.00. The van der Waals surface area contributed by atoms with Crippen LogP contribution in [-0.4, -0.2) is 42.4 Å². The number of hydrogen-bond acceptors (Lipinski definition) is 3. The molecule has 0 unspecified atom stereocenters. The Balaban J connectivity index is 1.31.